The second kappa shape index (κ2) is 10.7. The topological polar surface area (TPSA) is 44.9 Å². The molecule has 0 radical (unpaired) electrons. The molecule has 4 nitrogen and oxygen atoms in total. The van der Waals surface area contributed by atoms with Crippen molar-refractivity contribution < 1.29 is 0 Å². The summed E-state index contributed by atoms with van der Waals surface area (Å²) in [7, 11) is 2.14. The van der Waals surface area contributed by atoms with Gasteiger partial charge in [-0.3, -0.25) is 4.99 Å². The Balaban J connectivity index is 0.00000264. The van der Waals surface area contributed by atoms with Gasteiger partial charge in [-0.1, -0.05) is 25.1 Å². The minimum absolute atomic E-state index is 0. The summed E-state index contributed by atoms with van der Waals surface area (Å²) in [6, 6.07) is 10.5. The number of aliphatic imine (C=N–C) groups is 1. The summed E-state index contributed by atoms with van der Waals surface area (Å²) in [6.45, 7) is 6.33. The van der Waals surface area contributed by atoms with Crippen molar-refractivity contribution in [2.45, 2.75) is 32.6 Å². The molecule has 2 rings (SSSR count). The zero-order chi connectivity index (χ0) is 15.8. The number of halogens is 1. The van der Waals surface area contributed by atoms with E-state index in [-0.39, 0.29) is 24.0 Å². The van der Waals surface area contributed by atoms with Crippen LogP contribution in [0.15, 0.2) is 35.3 Å². The fraction of sp³-hybridized carbons (Fsp3) is 0.611. The number of benzene rings is 1. The van der Waals surface area contributed by atoms with Gasteiger partial charge < -0.3 is 15.5 Å². The van der Waals surface area contributed by atoms with Crippen molar-refractivity contribution in [2.75, 3.05) is 38.1 Å². The molecule has 2 N–H and O–H groups in total. The number of hydrogen-bond donors (Lipinski definition) is 1. The first-order chi connectivity index (χ1) is 10.7. The molecule has 1 aromatic rings. The quantitative estimate of drug-likeness (QED) is 0.325. The van der Waals surface area contributed by atoms with Gasteiger partial charge in [-0.25, -0.2) is 0 Å². The molecule has 0 saturated carbocycles. The van der Waals surface area contributed by atoms with Crippen molar-refractivity contribution in [1.82, 2.24) is 4.90 Å². The van der Waals surface area contributed by atoms with Gasteiger partial charge in [-0.15, -0.1) is 24.0 Å². The first-order valence-corrected chi connectivity index (χ1v) is 8.48. The van der Waals surface area contributed by atoms with Gasteiger partial charge in [-0.05, 0) is 43.7 Å². The molecular formula is C18H31IN4. The third-order valence-electron chi connectivity index (χ3n) is 4.48. The van der Waals surface area contributed by atoms with Crippen molar-refractivity contribution in [2.24, 2.45) is 16.6 Å². The number of rotatable bonds is 6. The smallest absolute Gasteiger partial charge is 0.191 e. The Bertz CT molecular complexity index is 455. The zero-order valence-corrected chi connectivity index (χ0v) is 16.8. The number of hydrogen-bond acceptors (Lipinski definition) is 2. The predicted molar refractivity (Wildman–Crippen MR) is 111 cm³/mol. The minimum atomic E-state index is 0. The highest BCUT2D eigenvalue weighted by Gasteiger charge is 2.16. The van der Waals surface area contributed by atoms with Gasteiger partial charge in [0.15, 0.2) is 5.96 Å². The van der Waals surface area contributed by atoms with Crippen molar-refractivity contribution >= 4 is 35.6 Å². The second-order valence-corrected chi connectivity index (χ2v) is 6.37. The monoisotopic (exact) mass is 430 g/mol. The van der Waals surface area contributed by atoms with E-state index >= 15 is 0 Å². The molecule has 0 bridgehead atoms. The van der Waals surface area contributed by atoms with E-state index in [4.69, 9.17) is 5.73 Å². The van der Waals surface area contributed by atoms with Crippen LogP contribution in [0.3, 0.4) is 0 Å². The molecule has 0 aliphatic carbocycles. The van der Waals surface area contributed by atoms with E-state index in [1.54, 1.807) is 0 Å². The Morgan fingerprint density at radius 1 is 1.22 bits per heavy atom. The normalized spacial score (nSPS) is 16.1. The molecule has 1 heterocycles. The highest BCUT2D eigenvalue weighted by Crippen LogP contribution is 2.15. The number of anilines is 1. The Morgan fingerprint density at radius 2 is 1.87 bits per heavy atom. The van der Waals surface area contributed by atoms with Gasteiger partial charge in [0.25, 0.3) is 0 Å². The molecule has 1 saturated heterocycles. The first-order valence-electron chi connectivity index (χ1n) is 8.48. The van der Waals surface area contributed by atoms with Crippen LogP contribution in [0.5, 0.6) is 0 Å². The Labute approximate surface area is 158 Å². The van der Waals surface area contributed by atoms with Crippen molar-refractivity contribution in [3.63, 3.8) is 0 Å². The summed E-state index contributed by atoms with van der Waals surface area (Å²) < 4.78 is 0. The van der Waals surface area contributed by atoms with E-state index < -0.39 is 0 Å². The van der Waals surface area contributed by atoms with Crippen LogP contribution in [0.25, 0.3) is 0 Å². The molecule has 0 unspecified atom stereocenters. The van der Waals surface area contributed by atoms with Crippen molar-refractivity contribution in [3.8, 4) is 0 Å². The fourth-order valence-corrected chi connectivity index (χ4v) is 2.80. The number of piperidine rings is 1. The summed E-state index contributed by atoms with van der Waals surface area (Å²) in [6.07, 6.45) is 4.69. The summed E-state index contributed by atoms with van der Waals surface area (Å²) in [5.74, 6) is 1.57. The lowest BCUT2D eigenvalue weighted by molar-refractivity contribution is 0.277. The van der Waals surface area contributed by atoms with Gasteiger partial charge in [0.05, 0.1) is 0 Å². The van der Waals surface area contributed by atoms with Crippen LogP contribution < -0.4 is 10.6 Å². The number of nitrogens with two attached hydrogens (primary N) is 1. The fourth-order valence-electron chi connectivity index (χ4n) is 2.80. The number of likely N-dealkylation sites (tertiary alicyclic amines) is 1. The summed E-state index contributed by atoms with van der Waals surface area (Å²) >= 11 is 0. The van der Waals surface area contributed by atoms with Crippen LogP contribution in [0.1, 0.15) is 32.6 Å². The predicted octanol–water partition coefficient (Wildman–Crippen LogP) is 3.57. The van der Waals surface area contributed by atoms with Gasteiger partial charge >= 0.3 is 0 Å². The number of nitrogens with zero attached hydrogens (tertiary/aromatic N) is 3. The lowest BCUT2D eigenvalue weighted by atomic mass is 10.00. The number of para-hydroxylation sites is 1. The largest absolute Gasteiger partial charge is 0.375 e. The maximum Gasteiger partial charge on any atom is 0.191 e. The summed E-state index contributed by atoms with van der Waals surface area (Å²) in [5, 5.41) is 0. The number of unbranched alkanes of at least 4 members (excludes halogenated alkanes) is 1. The molecule has 23 heavy (non-hydrogen) atoms. The Kier molecular flexibility index (Phi) is 9.36. The molecule has 1 fully saturated rings. The van der Waals surface area contributed by atoms with Crippen LogP contribution in [-0.2, 0) is 0 Å². The highest BCUT2D eigenvalue weighted by molar-refractivity contribution is 14.0. The van der Waals surface area contributed by atoms with E-state index in [9.17, 15) is 0 Å². The van der Waals surface area contributed by atoms with E-state index in [1.807, 2.05) is 0 Å². The Morgan fingerprint density at radius 3 is 2.52 bits per heavy atom. The van der Waals surface area contributed by atoms with Gasteiger partial charge in [-0.2, -0.15) is 0 Å². The molecule has 5 heteroatoms. The van der Waals surface area contributed by atoms with Crippen molar-refractivity contribution in [3.05, 3.63) is 30.3 Å². The van der Waals surface area contributed by atoms with E-state index in [2.05, 4.69) is 59.1 Å². The van der Waals surface area contributed by atoms with Gasteiger partial charge in [0, 0.05) is 38.9 Å². The minimum Gasteiger partial charge on any atom is -0.375 e. The average Bonchev–Trinajstić information content (AvgIpc) is 2.55. The SMILES string of the molecule is CC1CCN(C(N)=NCCCCN(C)c2ccccc2)CC1.I. The van der Waals surface area contributed by atoms with Crippen LogP contribution in [-0.4, -0.2) is 44.1 Å². The van der Waals surface area contributed by atoms with Crippen LogP contribution in [0, 0.1) is 5.92 Å². The average molecular weight is 430 g/mol. The molecule has 1 aliphatic rings. The van der Waals surface area contributed by atoms with E-state index in [0.29, 0.717) is 0 Å². The second-order valence-electron chi connectivity index (χ2n) is 6.37. The summed E-state index contributed by atoms with van der Waals surface area (Å²) in [4.78, 5) is 9.07. The first kappa shape index (κ1) is 20.1. The number of guanidine groups is 1. The highest BCUT2D eigenvalue weighted by atomic mass is 127. The van der Waals surface area contributed by atoms with Crippen LogP contribution >= 0.6 is 24.0 Å². The lowest BCUT2D eigenvalue weighted by Gasteiger charge is -2.31. The Hall–Kier alpha value is -0.980. The molecular weight excluding hydrogens is 399 g/mol. The third kappa shape index (κ3) is 6.97. The molecule has 0 atom stereocenters. The maximum atomic E-state index is 6.09. The van der Waals surface area contributed by atoms with Crippen molar-refractivity contribution in [1.29, 1.82) is 0 Å². The molecule has 130 valence electrons. The molecule has 0 amide bonds. The van der Waals surface area contributed by atoms with Gasteiger partial charge in [0.1, 0.15) is 0 Å². The summed E-state index contributed by atoms with van der Waals surface area (Å²) in [5.41, 5.74) is 7.36. The molecule has 1 aromatic carbocycles. The lowest BCUT2D eigenvalue weighted by Crippen LogP contribution is -2.42. The van der Waals surface area contributed by atoms with Gasteiger partial charge in [0.2, 0.25) is 0 Å². The molecule has 0 spiro atoms. The third-order valence-corrected chi connectivity index (χ3v) is 4.48. The van der Waals surface area contributed by atoms with E-state index in [1.165, 1.54) is 18.5 Å². The zero-order valence-electron chi connectivity index (χ0n) is 14.4. The molecule has 1 aliphatic heterocycles. The molecule has 0 aromatic heterocycles. The standard InChI is InChI=1S/C18H30N4.HI/c1-16-10-14-22(15-11-16)18(19)20-12-6-7-13-21(2)17-8-4-3-5-9-17;/h3-5,8-9,16H,6-7,10-15H2,1-2H3,(H2,19,20);1H. The van der Waals surface area contributed by atoms with Crippen LogP contribution in [0.4, 0.5) is 5.69 Å². The maximum absolute atomic E-state index is 6.09. The van der Waals surface area contributed by atoms with E-state index in [0.717, 1.165) is 50.9 Å². The van der Waals surface area contributed by atoms with Crippen LogP contribution in [0.2, 0.25) is 0 Å².